The van der Waals surface area contributed by atoms with Gasteiger partial charge in [0.2, 0.25) is 0 Å². The molecule has 0 spiro atoms. The van der Waals surface area contributed by atoms with E-state index in [0.717, 1.165) is 6.42 Å². The van der Waals surface area contributed by atoms with Gasteiger partial charge in [0, 0.05) is 12.7 Å². The van der Waals surface area contributed by atoms with Crippen molar-refractivity contribution >= 4 is 5.97 Å². The van der Waals surface area contributed by atoms with Gasteiger partial charge in [0.05, 0.1) is 6.20 Å². The second-order valence-corrected chi connectivity index (χ2v) is 3.43. The van der Waals surface area contributed by atoms with Crippen LogP contribution < -0.4 is 5.32 Å². The Labute approximate surface area is 89.1 Å². The van der Waals surface area contributed by atoms with Gasteiger partial charge in [0.1, 0.15) is 6.04 Å². The van der Waals surface area contributed by atoms with Crippen molar-refractivity contribution in [2.75, 3.05) is 7.05 Å². The lowest BCUT2D eigenvalue weighted by Crippen LogP contribution is -2.34. The van der Waals surface area contributed by atoms with Gasteiger partial charge >= 0.3 is 5.97 Å². The predicted octanol–water partition coefficient (Wildman–Crippen LogP) is 0.508. The lowest BCUT2D eigenvalue weighted by Gasteiger charge is -2.10. The Balaban J connectivity index is 2.45. The van der Waals surface area contributed by atoms with Gasteiger partial charge in [-0.15, -0.1) is 0 Å². The SMILES string of the molecule is CCc1cnn(CCC(NC)C(=O)O)c1. The maximum Gasteiger partial charge on any atom is 0.320 e. The average Bonchev–Trinajstić information content (AvgIpc) is 2.66. The molecule has 84 valence electrons. The summed E-state index contributed by atoms with van der Waals surface area (Å²) in [7, 11) is 1.65. The molecule has 0 fully saturated rings. The molecular formula is C10H17N3O2. The van der Waals surface area contributed by atoms with E-state index in [1.165, 1.54) is 5.56 Å². The summed E-state index contributed by atoms with van der Waals surface area (Å²) in [5.74, 6) is -0.819. The maximum atomic E-state index is 10.7. The first-order chi connectivity index (χ1) is 7.17. The largest absolute Gasteiger partial charge is 0.480 e. The molecule has 2 N–H and O–H groups in total. The number of likely N-dealkylation sites (N-methyl/N-ethyl adjacent to an activating group) is 1. The smallest absolute Gasteiger partial charge is 0.320 e. The minimum atomic E-state index is -0.819. The van der Waals surface area contributed by atoms with Crippen molar-refractivity contribution in [3.63, 3.8) is 0 Å². The van der Waals surface area contributed by atoms with E-state index in [1.54, 1.807) is 11.7 Å². The van der Waals surface area contributed by atoms with Crippen LogP contribution in [0.3, 0.4) is 0 Å². The molecule has 1 atom stereocenters. The Hall–Kier alpha value is -1.36. The molecule has 0 saturated carbocycles. The zero-order chi connectivity index (χ0) is 11.3. The first-order valence-electron chi connectivity index (χ1n) is 5.08. The summed E-state index contributed by atoms with van der Waals surface area (Å²) in [6.45, 7) is 2.69. The molecule has 1 rings (SSSR count). The molecule has 1 heterocycles. The molecule has 0 aliphatic heterocycles. The molecule has 5 heteroatoms. The quantitative estimate of drug-likeness (QED) is 0.719. The molecule has 0 aliphatic carbocycles. The summed E-state index contributed by atoms with van der Waals surface area (Å²) in [6, 6.07) is -0.501. The van der Waals surface area contributed by atoms with E-state index < -0.39 is 12.0 Å². The van der Waals surface area contributed by atoms with Crippen molar-refractivity contribution in [2.24, 2.45) is 0 Å². The molecule has 1 aromatic heterocycles. The highest BCUT2D eigenvalue weighted by Gasteiger charge is 2.14. The second-order valence-electron chi connectivity index (χ2n) is 3.43. The van der Waals surface area contributed by atoms with Crippen LogP contribution in [0.1, 0.15) is 18.9 Å². The Morgan fingerprint density at radius 3 is 2.93 bits per heavy atom. The fourth-order valence-electron chi connectivity index (χ4n) is 1.36. The third-order valence-corrected chi connectivity index (χ3v) is 2.39. The molecule has 15 heavy (non-hydrogen) atoms. The third kappa shape index (κ3) is 3.36. The summed E-state index contributed by atoms with van der Waals surface area (Å²) < 4.78 is 1.78. The van der Waals surface area contributed by atoms with Gasteiger partial charge in [0.15, 0.2) is 0 Å². The van der Waals surface area contributed by atoms with E-state index in [4.69, 9.17) is 5.11 Å². The number of hydrogen-bond donors (Lipinski definition) is 2. The average molecular weight is 211 g/mol. The number of aromatic nitrogens is 2. The number of nitrogens with zero attached hydrogens (tertiary/aromatic N) is 2. The molecule has 5 nitrogen and oxygen atoms in total. The van der Waals surface area contributed by atoms with Gasteiger partial charge < -0.3 is 10.4 Å². The lowest BCUT2D eigenvalue weighted by atomic mass is 10.2. The van der Waals surface area contributed by atoms with Crippen molar-refractivity contribution in [1.29, 1.82) is 0 Å². The fraction of sp³-hybridized carbons (Fsp3) is 0.600. The summed E-state index contributed by atoms with van der Waals surface area (Å²) in [6.07, 6.45) is 5.26. The molecule has 0 saturated heterocycles. The van der Waals surface area contributed by atoms with Crippen molar-refractivity contribution in [3.8, 4) is 0 Å². The Bertz CT molecular complexity index is 322. The van der Waals surface area contributed by atoms with Crippen molar-refractivity contribution in [2.45, 2.75) is 32.4 Å². The molecule has 1 unspecified atom stereocenters. The van der Waals surface area contributed by atoms with Gasteiger partial charge in [-0.1, -0.05) is 6.92 Å². The lowest BCUT2D eigenvalue weighted by molar-refractivity contribution is -0.139. The Morgan fingerprint density at radius 2 is 2.47 bits per heavy atom. The number of aryl methyl sites for hydroxylation is 2. The van der Waals surface area contributed by atoms with E-state index in [-0.39, 0.29) is 0 Å². The van der Waals surface area contributed by atoms with Crippen LogP contribution in [-0.2, 0) is 17.8 Å². The number of hydrogen-bond acceptors (Lipinski definition) is 3. The van der Waals surface area contributed by atoms with Crippen LogP contribution in [0, 0.1) is 0 Å². The van der Waals surface area contributed by atoms with E-state index >= 15 is 0 Å². The normalized spacial score (nSPS) is 12.7. The summed E-state index contributed by atoms with van der Waals surface area (Å²) in [5.41, 5.74) is 1.17. The molecular weight excluding hydrogens is 194 g/mol. The molecule has 0 aromatic carbocycles. The molecule has 0 radical (unpaired) electrons. The Morgan fingerprint density at radius 1 is 1.73 bits per heavy atom. The number of carboxylic acids is 1. The van der Waals surface area contributed by atoms with Gasteiger partial charge in [-0.3, -0.25) is 9.48 Å². The number of aliphatic carboxylic acids is 1. The van der Waals surface area contributed by atoms with Crippen molar-refractivity contribution in [3.05, 3.63) is 18.0 Å². The topological polar surface area (TPSA) is 67.2 Å². The first-order valence-corrected chi connectivity index (χ1v) is 5.08. The van der Waals surface area contributed by atoms with Gasteiger partial charge in [-0.05, 0) is 25.5 Å². The minimum Gasteiger partial charge on any atom is -0.480 e. The number of carbonyl (C=O) groups is 1. The van der Waals surface area contributed by atoms with Crippen LogP contribution in [0.4, 0.5) is 0 Å². The van der Waals surface area contributed by atoms with Crippen LogP contribution in [0.2, 0.25) is 0 Å². The van der Waals surface area contributed by atoms with Crippen molar-refractivity contribution < 1.29 is 9.90 Å². The zero-order valence-corrected chi connectivity index (χ0v) is 9.10. The standard InChI is InChI=1S/C10H17N3O2/c1-3-8-6-12-13(7-8)5-4-9(11-2)10(14)15/h6-7,9,11H,3-5H2,1-2H3,(H,14,15). The third-order valence-electron chi connectivity index (χ3n) is 2.39. The summed E-state index contributed by atoms with van der Waals surface area (Å²) in [5, 5.41) is 15.7. The highest BCUT2D eigenvalue weighted by molar-refractivity contribution is 5.73. The summed E-state index contributed by atoms with van der Waals surface area (Å²) in [4.78, 5) is 10.7. The molecule has 0 bridgehead atoms. The second kappa shape index (κ2) is 5.50. The maximum absolute atomic E-state index is 10.7. The molecule has 1 aromatic rings. The Kier molecular flexibility index (Phi) is 4.30. The van der Waals surface area contributed by atoms with Crippen LogP contribution in [-0.4, -0.2) is 33.9 Å². The molecule has 0 aliphatic rings. The van der Waals surface area contributed by atoms with Gasteiger partial charge in [-0.25, -0.2) is 0 Å². The van der Waals surface area contributed by atoms with Crippen molar-refractivity contribution in [1.82, 2.24) is 15.1 Å². The first kappa shape index (κ1) is 11.7. The van der Waals surface area contributed by atoms with E-state index in [2.05, 4.69) is 17.3 Å². The van der Waals surface area contributed by atoms with E-state index in [1.807, 2.05) is 12.4 Å². The molecule has 0 amide bonds. The van der Waals surface area contributed by atoms with Crippen LogP contribution >= 0.6 is 0 Å². The highest BCUT2D eigenvalue weighted by atomic mass is 16.4. The predicted molar refractivity (Wildman–Crippen MR) is 56.7 cm³/mol. The van der Waals surface area contributed by atoms with Crippen LogP contribution in [0.25, 0.3) is 0 Å². The number of nitrogens with one attached hydrogen (secondary N) is 1. The van der Waals surface area contributed by atoms with Gasteiger partial charge in [-0.2, -0.15) is 5.10 Å². The fourth-order valence-corrected chi connectivity index (χ4v) is 1.36. The van der Waals surface area contributed by atoms with Crippen LogP contribution in [0.15, 0.2) is 12.4 Å². The van der Waals surface area contributed by atoms with Gasteiger partial charge in [0.25, 0.3) is 0 Å². The van der Waals surface area contributed by atoms with E-state index in [9.17, 15) is 4.79 Å². The highest BCUT2D eigenvalue weighted by Crippen LogP contribution is 2.01. The van der Waals surface area contributed by atoms with E-state index in [0.29, 0.717) is 13.0 Å². The minimum absolute atomic E-state index is 0.501. The number of rotatable bonds is 6. The van der Waals surface area contributed by atoms with Crippen LogP contribution in [0.5, 0.6) is 0 Å². The monoisotopic (exact) mass is 211 g/mol. The zero-order valence-electron chi connectivity index (χ0n) is 9.10. The summed E-state index contributed by atoms with van der Waals surface area (Å²) >= 11 is 0. The number of carboxylic acid groups (broad SMARTS) is 1.